The van der Waals surface area contributed by atoms with E-state index in [-0.39, 0.29) is 18.0 Å². The third-order valence-electron chi connectivity index (χ3n) is 5.34. The summed E-state index contributed by atoms with van der Waals surface area (Å²) in [7, 11) is 0. The number of esters is 2. The highest BCUT2D eigenvalue weighted by molar-refractivity contribution is 5.89. The zero-order chi connectivity index (χ0) is 19.5. The van der Waals surface area contributed by atoms with Gasteiger partial charge in [-0.1, -0.05) is 46.0 Å². The molecule has 0 saturated heterocycles. The van der Waals surface area contributed by atoms with Crippen LogP contribution in [0.3, 0.4) is 0 Å². The zero-order valence-electron chi connectivity index (χ0n) is 16.9. The van der Waals surface area contributed by atoms with Crippen LogP contribution in [0.2, 0.25) is 0 Å². The Morgan fingerprint density at radius 1 is 0.926 bits per heavy atom. The second kappa shape index (κ2) is 11.8. The largest absolute Gasteiger partial charge is 0.459 e. The van der Waals surface area contributed by atoms with Crippen molar-refractivity contribution in [3.05, 3.63) is 29.8 Å². The van der Waals surface area contributed by atoms with Crippen LogP contribution in [0.5, 0.6) is 5.75 Å². The lowest BCUT2D eigenvalue weighted by molar-refractivity contribution is -0.134. The number of rotatable bonds is 10. The third kappa shape index (κ3) is 7.74. The van der Waals surface area contributed by atoms with E-state index >= 15 is 0 Å². The van der Waals surface area contributed by atoms with Crippen LogP contribution >= 0.6 is 0 Å². The molecule has 0 atom stereocenters. The van der Waals surface area contributed by atoms with Gasteiger partial charge in [0.2, 0.25) is 0 Å². The molecule has 1 fully saturated rings. The number of unbranched alkanes of at least 4 members (excludes halogenated alkanes) is 3. The van der Waals surface area contributed by atoms with Crippen LogP contribution in [0.1, 0.15) is 94.8 Å². The van der Waals surface area contributed by atoms with E-state index in [0.29, 0.717) is 17.7 Å². The lowest BCUT2D eigenvalue weighted by atomic mass is 9.84. The van der Waals surface area contributed by atoms with Gasteiger partial charge in [0.15, 0.2) is 0 Å². The Hall–Kier alpha value is -1.84. The molecule has 0 N–H and O–H groups in total. The SMILES string of the molecule is CCCCC[C@H]1CC[C@H](OC(=O)c2ccc(OC(=O)CCCC)cc2)CC1. The average Bonchev–Trinajstić information content (AvgIpc) is 2.68. The number of ether oxygens (including phenoxy) is 2. The Bertz CT molecular complexity index is 571. The molecule has 2 rings (SSSR count). The minimum Gasteiger partial charge on any atom is -0.459 e. The number of hydrogen-bond donors (Lipinski definition) is 0. The first-order valence-electron chi connectivity index (χ1n) is 10.6. The highest BCUT2D eigenvalue weighted by atomic mass is 16.5. The maximum Gasteiger partial charge on any atom is 0.338 e. The Labute approximate surface area is 163 Å². The highest BCUT2D eigenvalue weighted by Crippen LogP contribution is 2.30. The summed E-state index contributed by atoms with van der Waals surface area (Å²) < 4.78 is 10.9. The van der Waals surface area contributed by atoms with Crippen LogP contribution in [0, 0.1) is 5.92 Å². The van der Waals surface area contributed by atoms with Crippen molar-refractivity contribution in [3.8, 4) is 5.75 Å². The maximum atomic E-state index is 12.4. The smallest absolute Gasteiger partial charge is 0.338 e. The van der Waals surface area contributed by atoms with Gasteiger partial charge >= 0.3 is 11.9 Å². The van der Waals surface area contributed by atoms with Crippen LogP contribution in [0.15, 0.2) is 24.3 Å². The molecule has 4 nitrogen and oxygen atoms in total. The molecule has 4 heteroatoms. The van der Waals surface area contributed by atoms with Crippen molar-refractivity contribution in [1.29, 1.82) is 0 Å². The third-order valence-corrected chi connectivity index (χ3v) is 5.34. The Balaban J connectivity index is 1.74. The highest BCUT2D eigenvalue weighted by Gasteiger charge is 2.24. The predicted molar refractivity (Wildman–Crippen MR) is 107 cm³/mol. The average molecular weight is 375 g/mol. The molecule has 1 aliphatic carbocycles. The molecule has 0 unspecified atom stereocenters. The van der Waals surface area contributed by atoms with Crippen molar-refractivity contribution >= 4 is 11.9 Å². The van der Waals surface area contributed by atoms with E-state index in [1.54, 1.807) is 24.3 Å². The van der Waals surface area contributed by atoms with Gasteiger partial charge in [0.1, 0.15) is 11.9 Å². The summed E-state index contributed by atoms with van der Waals surface area (Å²) in [4.78, 5) is 24.0. The van der Waals surface area contributed by atoms with E-state index in [4.69, 9.17) is 9.47 Å². The van der Waals surface area contributed by atoms with Gasteiger partial charge in [0.25, 0.3) is 0 Å². The summed E-state index contributed by atoms with van der Waals surface area (Å²) in [6.45, 7) is 4.27. The number of carbonyl (C=O) groups excluding carboxylic acids is 2. The Kier molecular flexibility index (Phi) is 9.37. The lowest BCUT2D eigenvalue weighted by Gasteiger charge is -2.28. The van der Waals surface area contributed by atoms with Gasteiger partial charge in [-0.25, -0.2) is 4.79 Å². The Morgan fingerprint density at radius 2 is 1.59 bits per heavy atom. The number of hydrogen-bond acceptors (Lipinski definition) is 4. The summed E-state index contributed by atoms with van der Waals surface area (Å²) in [6, 6.07) is 6.65. The Morgan fingerprint density at radius 3 is 2.22 bits per heavy atom. The molecular formula is C23H34O4. The topological polar surface area (TPSA) is 52.6 Å². The first kappa shape index (κ1) is 21.5. The maximum absolute atomic E-state index is 12.4. The molecule has 150 valence electrons. The van der Waals surface area contributed by atoms with Crippen molar-refractivity contribution in [2.45, 2.75) is 90.6 Å². The minimum absolute atomic E-state index is 0.0338. The second-order valence-electron chi connectivity index (χ2n) is 7.65. The summed E-state index contributed by atoms with van der Waals surface area (Å²) >= 11 is 0. The van der Waals surface area contributed by atoms with Crippen LogP contribution in [-0.2, 0) is 9.53 Å². The second-order valence-corrected chi connectivity index (χ2v) is 7.65. The molecule has 1 aliphatic rings. The van der Waals surface area contributed by atoms with E-state index in [0.717, 1.165) is 44.4 Å². The van der Waals surface area contributed by atoms with Crippen molar-refractivity contribution < 1.29 is 19.1 Å². The summed E-state index contributed by atoms with van der Waals surface area (Å²) in [5.41, 5.74) is 0.508. The molecule has 0 heterocycles. The van der Waals surface area contributed by atoms with Gasteiger partial charge in [0.05, 0.1) is 5.56 Å². The molecule has 0 aromatic heterocycles. The minimum atomic E-state index is -0.284. The molecule has 0 spiro atoms. The van der Waals surface area contributed by atoms with Crippen molar-refractivity contribution in [2.24, 2.45) is 5.92 Å². The van der Waals surface area contributed by atoms with Crippen LogP contribution in [0.25, 0.3) is 0 Å². The van der Waals surface area contributed by atoms with Gasteiger partial charge in [-0.15, -0.1) is 0 Å². The molecule has 27 heavy (non-hydrogen) atoms. The first-order valence-corrected chi connectivity index (χ1v) is 10.6. The van der Waals surface area contributed by atoms with E-state index < -0.39 is 0 Å². The fourth-order valence-electron chi connectivity index (χ4n) is 3.60. The molecular weight excluding hydrogens is 340 g/mol. The van der Waals surface area contributed by atoms with E-state index in [1.807, 2.05) is 6.92 Å². The standard InChI is InChI=1S/C23H34O4/c1-3-5-7-8-18-10-14-21(15-11-18)27-23(25)19-12-16-20(17-13-19)26-22(24)9-6-4-2/h12-13,16-18,21H,3-11,14-15H2,1-2H3/t18-,21-. The van der Waals surface area contributed by atoms with Gasteiger partial charge < -0.3 is 9.47 Å². The van der Waals surface area contributed by atoms with Crippen molar-refractivity contribution in [3.63, 3.8) is 0 Å². The van der Waals surface area contributed by atoms with Gasteiger partial charge in [-0.2, -0.15) is 0 Å². The van der Waals surface area contributed by atoms with Crippen LogP contribution in [-0.4, -0.2) is 18.0 Å². The quantitative estimate of drug-likeness (QED) is 0.283. The molecule has 1 saturated carbocycles. The van der Waals surface area contributed by atoms with Gasteiger partial charge in [0, 0.05) is 6.42 Å². The summed E-state index contributed by atoms with van der Waals surface area (Å²) in [6.07, 6.45) is 11.7. The van der Waals surface area contributed by atoms with Gasteiger partial charge in [-0.3, -0.25) is 4.79 Å². The zero-order valence-corrected chi connectivity index (χ0v) is 16.9. The lowest BCUT2D eigenvalue weighted by Crippen LogP contribution is -2.24. The predicted octanol–water partition coefficient (Wildman–Crippen LogP) is 6.08. The van der Waals surface area contributed by atoms with E-state index in [2.05, 4.69) is 6.92 Å². The summed E-state index contributed by atoms with van der Waals surface area (Å²) in [5.74, 6) is 0.754. The van der Waals surface area contributed by atoms with Crippen molar-refractivity contribution in [1.82, 2.24) is 0 Å². The van der Waals surface area contributed by atoms with Gasteiger partial charge in [-0.05, 0) is 62.3 Å². The molecule has 0 aliphatic heterocycles. The monoisotopic (exact) mass is 374 g/mol. The fraction of sp³-hybridized carbons (Fsp3) is 0.652. The van der Waals surface area contributed by atoms with E-state index in [9.17, 15) is 9.59 Å². The number of benzene rings is 1. The fourth-order valence-corrected chi connectivity index (χ4v) is 3.60. The molecule has 0 amide bonds. The summed E-state index contributed by atoms with van der Waals surface area (Å²) in [5, 5.41) is 0. The first-order chi connectivity index (χ1) is 13.1. The molecule has 0 bridgehead atoms. The van der Waals surface area contributed by atoms with E-state index in [1.165, 1.54) is 25.7 Å². The molecule has 1 aromatic rings. The number of carbonyl (C=O) groups is 2. The normalized spacial score (nSPS) is 19.5. The van der Waals surface area contributed by atoms with Crippen LogP contribution < -0.4 is 4.74 Å². The van der Waals surface area contributed by atoms with Crippen LogP contribution in [0.4, 0.5) is 0 Å². The van der Waals surface area contributed by atoms with Crippen molar-refractivity contribution in [2.75, 3.05) is 0 Å². The molecule has 0 radical (unpaired) electrons. The molecule has 1 aromatic carbocycles.